The number of halogens is 4. The van der Waals surface area contributed by atoms with E-state index in [1.807, 2.05) is 0 Å². The Kier molecular flexibility index (Phi) is 5.75. The summed E-state index contributed by atoms with van der Waals surface area (Å²) in [7, 11) is 0. The number of nitrogens with zero attached hydrogens (tertiary/aromatic N) is 1. The molecule has 3 rings (SSSR count). The first-order valence-corrected chi connectivity index (χ1v) is 9.50. The van der Waals surface area contributed by atoms with Crippen molar-refractivity contribution in [3.63, 3.8) is 0 Å². The van der Waals surface area contributed by atoms with Crippen LogP contribution in [0.2, 0.25) is 0 Å². The lowest BCUT2D eigenvalue weighted by Gasteiger charge is -2.38. The van der Waals surface area contributed by atoms with Crippen LogP contribution in [0.1, 0.15) is 25.8 Å². The fraction of sp³-hybridized carbons (Fsp3) is 0.318. The van der Waals surface area contributed by atoms with Crippen molar-refractivity contribution < 1.29 is 27.8 Å². The molecule has 9 heteroatoms. The van der Waals surface area contributed by atoms with E-state index in [0.717, 1.165) is 18.2 Å². The minimum absolute atomic E-state index is 0.0278. The van der Waals surface area contributed by atoms with Crippen molar-refractivity contribution in [3.05, 3.63) is 59.9 Å². The van der Waals surface area contributed by atoms with Gasteiger partial charge < -0.3 is 21.3 Å². The van der Waals surface area contributed by atoms with E-state index < -0.39 is 36.0 Å². The van der Waals surface area contributed by atoms with Crippen molar-refractivity contribution in [3.8, 4) is 5.75 Å². The normalized spacial score (nSPS) is 14.4. The molecule has 0 fully saturated rings. The summed E-state index contributed by atoms with van der Waals surface area (Å²) in [6.45, 7) is 1.95. The molecule has 0 bridgehead atoms. The molecule has 31 heavy (non-hydrogen) atoms. The number of nitrogens with one attached hydrogen (secondary N) is 1. The predicted molar refractivity (Wildman–Crippen MR) is 111 cm³/mol. The van der Waals surface area contributed by atoms with Gasteiger partial charge in [-0.05, 0) is 54.3 Å². The number of aromatic hydroxyl groups is 1. The van der Waals surface area contributed by atoms with Crippen LogP contribution < -0.4 is 11.1 Å². The van der Waals surface area contributed by atoms with Crippen molar-refractivity contribution in [2.45, 2.75) is 37.5 Å². The molecule has 1 atom stereocenters. The Morgan fingerprint density at radius 1 is 1.06 bits per heavy atom. The number of pyridine rings is 1. The van der Waals surface area contributed by atoms with Gasteiger partial charge in [0.25, 0.3) is 0 Å². The van der Waals surface area contributed by atoms with Crippen LogP contribution in [0.5, 0.6) is 5.75 Å². The van der Waals surface area contributed by atoms with Crippen molar-refractivity contribution >= 4 is 22.4 Å². The molecule has 0 aliphatic carbocycles. The molecule has 0 aliphatic rings. The third-order valence-electron chi connectivity index (χ3n) is 5.27. The highest BCUT2D eigenvalue weighted by Gasteiger charge is 2.56. The number of rotatable bonds is 6. The Balaban J connectivity index is 1.92. The minimum Gasteiger partial charge on any atom is -0.508 e. The number of aromatic nitrogens is 1. The molecule has 5 nitrogen and oxygen atoms in total. The molecular weight excluding hydrogens is 414 g/mol. The van der Waals surface area contributed by atoms with Crippen molar-refractivity contribution in [2.24, 2.45) is 0 Å². The van der Waals surface area contributed by atoms with E-state index in [4.69, 9.17) is 5.73 Å². The monoisotopic (exact) mass is 437 g/mol. The van der Waals surface area contributed by atoms with Crippen molar-refractivity contribution in [1.29, 1.82) is 0 Å². The number of nitrogen functional groups attached to an aromatic ring is 1. The van der Waals surface area contributed by atoms with Crippen LogP contribution >= 0.6 is 0 Å². The van der Waals surface area contributed by atoms with Crippen LogP contribution in [0.3, 0.4) is 0 Å². The summed E-state index contributed by atoms with van der Waals surface area (Å²) in [6.07, 6.45) is -5.81. The first-order chi connectivity index (χ1) is 14.3. The van der Waals surface area contributed by atoms with Crippen LogP contribution in [-0.4, -0.2) is 33.5 Å². The van der Waals surface area contributed by atoms with Crippen LogP contribution in [0.4, 0.5) is 29.1 Å². The van der Waals surface area contributed by atoms with E-state index in [2.05, 4.69) is 10.3 Å². The molecule has 0 spiro atoms. The Hall–Kier alpha value is -3.07. The number of hydrogen-bond acceptors (Lipinski definition) is 5. The van der Waals surface area contributed by atoms with Crippen LogP contribution in [0.15, 0.2) is 48.5 Å². The average molecular weight is 437 g/mol. The van der Waals surface area contributed by atoms with Gasteiger partial charge in [0.1, 0.15) is 17.4 Å². The Morgan fingerprint density at radius 3 is 2.45 bits per heavy atom. The predicted octanol–water partition coefficient (Wildman–Crippen LogP) is 4.73. The summed E-state index contributed by atoms with van der Waals surface area (Å²) in [5.41, 5.74) is 1.90. The smallest absolute Gasteiger partial charge is 0.418 e. The first-order valence-electron chi connectivity index (χ1n) is 9.50. The molecule has 1 aromatic heterocycles. The molecule has 0 radical (unpaired) electrons. The summed E-state index contributed by atoms with van der Waals surface area (Å²) in [5, 5.41) is 24.0. The number of fused-ring (bicyclic) bond motifs is 1. The van der Waals surface area contributed by atoms with Gasteiger partial charge in [-0.3, -0.25) is 0 Å². The summed E-state index contributed by atoms with van der Waals surface area (Å²) in [4.78, 5) is 4.14. The zero-order valence-electron chi connectivity index (χ0n) is 17.0. The van der Waals surface area contributed by atoms with Gasteiger partial charge in [0.15, 0.2) is 5.60 Å². The summed E-state index contributed by atoms with van der Waals surface area (Å²) in [6, 6.07) is 11.1. The SMILES string of the molecule is CC(C)(CC(O)(CNc1cccc2nc(N)ccc12)C(F)(F)F)c1cc(F)ccc1O. The van der Waals surface area contributed by atoms with E-state index in [0.29, 0.717) is 16.6 Å². The second kappa shape index (κ2) is 7.88. The number of alkyl halides is 3. The van der Waals surface area contributed by atoms with Gasteiger partial charge in [-0.1, -0.05) is 19.9 Å². The van der Waals surface area contributed by atoms with E-state index in [1.165, 1.54) is 19.9 Å². The number of nitrogens with two attached hydrogens (primary N) is 1. The molecule has 166 valence electrons. The molecule has 2 aromatic carbocycles. The summed E-state index contributed by atoms with van der Waals surface area (Å²) >= 11 is 0. The maximum Gasteiger partial charge on any atom is 0.418 e. The van der Waals surface area contributed by atoms with Gasteiger partial charge in [-0.25, -0.2) is 9.37 Å². The van der Waals surface area contributed by atoms with Crippen LogP contribution in [0, 0.1) is 5.82 Å². The van der Waals surface area contributed by atoms with E-state index >= 15 is 0 Å². The van der Waals surface area contributed by atoms with Crippen LogP contribution in [-0.2, 0) is 5.41 Å². The van der Waals surface area contributed by atoms with Gasteiger partial charge >= 0.3 is 6.18 Å². The number of aliphatic hydroxyl groups is 1. The molecule has 1 unspecified atom stereocenters. The van der Waals surface area contributed by atoms with Gasteiger partial charge in [-0.2, -0.15) is 13.2 Å². The van der Waals surface area contributed by atoms with E-state index in [9.17, 15) is 27.8 Å². The molecular formula is C22H23F4N3O2. The van der Waals surface area contributed by atoms with Gasteiger partial charge in [0.2, 0.25) is 0 Å². The highest BCUT2D eigenvalue weighted by molar-refractivity contribution is 5.92. The first kappa shape index (κ1) is 22.6. The lowest BCUT2D eigenvalue weighted by molar-refractivity contribution is -0.260. The van der Waals surface area contributed by atoms with Gasteiger partial charge in [-0.15, -0.1) is 0 Å². The second-order valence-electron chi connectivity index (χ2n) is 8.21. The topological polar surface area (TPSA) is 91.4 Å². The third kappa shape index (κ3) is 4.66. The maximum absolute atomic E-state index is 13.9. The van der Waals surface area contributed by atoms with Crippen molar-refractivity contribution in [1.82, 2.24) is 4.98 Å². The van der Waals surface area contributed by atoms with E-state index in [1.54, 1.807) is 24.3 Å². The Bertz CT molecular complexity index is 1100. The highest BCUT2D eigenvalue weighted by Crippen LogP contribution is 2.43. The van der Waals surface area contributed by atoms with Gasteiger partial charge in [0, 0.05) is 16.6 Å². The maximum atomic E-state index is 13.9. The average Bonchev–Trinajstić information content (AvgIpc) is 2.66. The fourth-order valence-electron chi connectivity index (χ4n) is 3.71. The second-order valence-corrected chi connectivity index (χ2v) is 8.21. The van der Waals surface area contributed by atoms with Crippen LogP contribution in [0.25, 0.3) is 10.9 Å². The summed E-state index contributed by atoms with van der Waals surface area (Å²) in [5.74, 6) is -0.772. The van der Waals surface area contributed by atoms with E-state index in [-0.39, 0.29) is 17.1 Å². The summed E-state index contributed by atoms with van der Waals surface area (Å²) < 4.78 is 55.5. The standard InChI is InChI=1S/C22H23F4N3O2/c1-20(2,15-10-13(23)6-8-18(15)30)11-21(31,22(24,25)26)12-28-16-4-3-5-17-14(16)7-9-19(27)29-17/h3-10,28,30-31H,11-12H2,1-2H3,(H2,27,29). The molecule has 0 saturated heterocycles. The number of phenolic OH excluding ortho intramolecular Hbond substituents is 1. The minimum atomic E-state index is -4.99. The number of phenols is 1. The fourth-order valence-corrected chi connectivity index (χ4v) is 3.71. The highest BCUT2D eigenvalue weighted by atomic mass is 19.4. The molecule has 5 N–H and O–H groups in total. The number of hydrogen-bond donors (Lipinski definition) is 4. The quantitative estimate of drug-likeness (QED) is 0.419. The molecule has 0 amide bonds. The third-order valence-corrected chi connectivity index (χ3v) is 5.27. The largest absolute Gasteiger partial charge is 0.508 e. The molecule has 1 heterocycles. The molecule has 0 aliphatic heterocycles. The Morgan fingerprint density at radius 2 is 1.77 bits per heavy atom. The van der Waals surface area contributed by atoms with Gasteiger partial charge in [0.05, 0.1) is 12.1 Å². The van der Waals surface area contributed by atoms with Crippen molar-refractivity contribution in [2.75, 3.05) is 17.6 Å². The number of anilines is 2. The zero-order chi connectivity index (χ0) is 23.0. The number of benzene rings is 2. The lowest BCUT2D eigenvalue weighted by atomic mass is 9.74. The Labute approximate surface area is 176 Å². The molecule has 0 saturated carbocycles. The zero-order valence-corrected chi connectivity index (χ0v) is 17.0. The lowest BCUT2D eigenvalue weighted by Crippen LogP contribution is -2.53. The molecule has 3 aromatic rings.